The molecular weight excluding hydrogens is 166 g/mol. The van der Waals surface area contributed by atoms with Crippen molar-refractivity contribution in [2.45, 2.75) is 32.2 Å². The minimum Gasteiger partial charge on any atom is -0.409 e. The molecule has 3 N–H and O–H groups in total. The Kier molecular flexibility index (Phi) is 3.54. The molecule has 0 aromatic rings. The molecule has 0 aliphatic heterocycles. The fraction of sp³-hybridized carbons (Fsp3) is 0.889. The van der Waals surface area contributed by atoms with Gasteiger partial charge in [-0.05, 0) is 32.9 Å². The molecule has 0 aromatic carbocycles. The molecule has 4 heteroatoms. The summed E-state index contributed by atoms with van der Waals surface area (Å²) in [6.07, 6.45) is 4.00. The van der Waals surface area contributed by atoms with Gasteiger partial charge in [0.05, 0.1) is 6.04 Å². The van der Waals surface area contributed by atoms with Crippen LogP contribution in [0.5, 0.6) is 0 Å². The lowest BCUT2D eigenvalue weighted by Crippen LogP contribution is -2.41. The number of nitrogens with zero attached hydrogens (tertiary/aromatic N) is 2. The van der Waals surface area contributed by atoms with Crippen LogP contribution in [0.4, 0.5) is 0 Å². The first-order valence-electron chi connectivity index (χ1n) is 4.82. The van der Waals surface area contributed by atoms with Crippen molar-refractivity contribution >= 4 is 5.84 Å². The monoisotopic (exact) mass is 185 g/mol. The number of nitrogens with two attached hydrogens (primary N) is 1. The topological polar surface area (TPSA) is 61.9 Å². The number of oxime groups is 1. The van der Waals surface area contributed by atoms with Gasteiger partial charge in [-0.3, -0.25) is 4.90 Å². The summed E-state index contributed by atoms with van der Waals surface area (Å²) in [6, 6.07) is 0.0312. The van der Waals surface area contributed by atoms with Crippen molar-refractivity contribution < 1.29 is 5.21 Å². The summed E-state index contributed by atoms with van der Waals surface area (Å²) < 4.78 is 0. The van der Waals surface area contributed by atoms with Gasteiger partial charge in [-0.2, -0.15) is 0 Å². The lowest BCUT2D eigenvalue weighted by atomic mass is 10.2. The van der Waals surface area contributed by atoms with Gasteiger partial charge >= 0.3 is 0 Å². The normalized spacial score (nSPS) is 20.7. The van der Waals surface area contributed by atoms with E-state index in [9.17, 15) is 0 Å². The van der Waals surface area contributed by atoms with Gasteiger partial charge in [0.25, 0.3) is 0 Å². The molecule has 1 unspecified atom stereocenters. The minimum absolute atomic E-state index is 0.0312. The molecule has 1 aliphatic carbocycles. The average molecular weight is 185 g/mol. The van der Waals surface area contributed by atoms with Crippen LogP contribution in [-0.2, 0) is 0 Å². The summed E-state index contributed by atoms with van der Waals surface area (Å²) in [5.41, 5.74) is 5.50. The molecule has 0 bridgehead atoms. The number of likely N-dealkylation sites (N-methyl/N-ethyl adjacent to an activating group) is 1. The quantitative estimate of drug-likeness (QED) is 0.289. The second-order valence-electron chi connectivity index (χ2n) is 3.91. The first kappa shape index (κ1) is 10.3. The van der Waals surface area contributed by atoms with E-state index < -0.39 is 0 Å². The van der Waals surface area contributed by atoms with Gasteiger partial charge in [0, 0.05) is 0 Å². The average Bonchev–Trinajstić information content (AvgIpc) is 2.95. The van der Waals surface area contributed by atoms with E-state index in [0.717, 1.165) is 12.5 Å². The van der Waals surface area contributed by atoms with Gasteiger partial charge in [0.1, 0.15) is 0 Å². The summed E-state index contributed by atoms with van der Waals surface area (Å²) >= 11 is 0. The zero-order valence-electron chi connectivity index (χ0n) is 8.40. The maximum Gasteiger partial charge on any atom is 0.156 e. The molecule has 0 saturated heterocycles. The van der Waals surface area contributed by atoms with Crippen LogP contribution in [0.1, 0.15) is 26.2 Å². The van der Waals surface area contributed by atoms with Gasteiger partial charge in [-0.15, -0.1) is 0 Å². The summed E-state index contributed by atoms with van der Waals surface area (Å²) in [7, 11) is 2.01. The van der Waals surface area contributed by atoms with Crippen molar-refractivity contribution in [1.29, 1.82) is 0 Å². The molecule has 1 aliphatic rings. The van der Waals surface area contributed by atoms with Crippen LogP contribution >= 0.6 is 0 Å². The SMILES string of the molecule is CC(C(N)=NO)N(C)CCC1CC1. The van der Waals surface area contributed by atoms with Crippen molar-refractivity contribution in [1.82, 2.24) is 4.90 Å². The zero-order chi connectivity index (χ0) is 9.84. The third-order valence-corrected chi connectivity index (χ3v) is 2.79. The van der Waals surface area contributed by atoms with Crippen LogP contribution in [-0.4, -0.2) is 35.6 Å². The van der Waals surface area contributed by atoms with E-state index in [2.05, 4.69) is 10.1 Å². The summed E-state index contributed by atoms with van der Waals surface area (Å²) in [5.74, 6) is 1.22. The number of amidine groups is 1. The van der Waals surface area contributed by atoms with E-state index in [0.29, 0.717) is 5.84 Å². The summed E-state index contributed by atoms with van der Waals surface area (Å²) in [4.78, 5) is 2.12. The fourth-order valence-corrected chi connectivity index (χ4v) is 1.30. The highest BCUT2D eigenvalue weighted by molar-refractivity contribution is 5.84. The highest BCUT2D eigenvalue weighted by Crippen LogP contribution is 2.32. The van der Waals surface area contributed by atoms with E-state index in [-0.39, 0.29) is 6.04 Å². The highest BCUT2D eigenvalue weighted by atomic mass is 16.4. The fourth-order valence-electron chi connectivity index (χ4n) is 1.30. The zero-order valence-corrected chi connectivity index (χ0v) is 8.40. The van der Waals surface area contributed by atoms with Crippen molar-refractivity contribution in [3.63, 3.8) is 0 Å². The minimum atomic E-state index is 0.0312. The lowest BCUT2D eigenvalue weighted by Gasteiger charge is -2.23. The maximum absolute atomic E-state index is 8.48. The van der Waals surface area contributed by atoms with Crippen LogP contribution in [0.25, 0.3) is 0 Å². The van der Waals surface area contributed by atoms with Crippen LogP contribution < -0.4 is 5.73 Å². The van der Waals surface area contributed by atoms with E-state index >= 15 is 0 Å². The first-order chi connectivity index (χ1) is 6.15. The van der Waals surface area contributed by atoms with Crippen molar-refractivity contribution in [2.24, 2.45) is 16.8 Å². The summed E-state index contributed by atoms with van der Waals surface area (Å²) in [5, 5.41) is 11.5. The Balaban J connectivity index is 2.23. The maximum atomic E-state index is 8.48. The molecule has 1 saturated carbocycles. The second kappa shape index (κ2) is 4.46. The summed E-state index contributed by atoms with van der Waals surface area (Å²) in [6.45, 7) is 2.98. The van der Waals surface area contributed by atoms with E-state index in [4.69, 9.17) is 10.9 Å². The Bertz CT molecular complexity index is 189. The van der Waals surface area contributed by atoms with Crippen molar-refractivity contribution in [2.75, 3.05) is 13.6 Å². The Morgan fingerprint density at radius 2 is 2.31 bits per heavy atom. The van der Waals surface area contributed by atoms with Crippen LogP contribution in [0.15, 0.2) is 5.16 Å². The molecule has 76 valence electrons. The Morgan fingerprint density at radius 1 is 1.69 bits per heavy atom. The predicted octanol–water partition coefficient (Wildman–Crippen LogP) is 0.853. The molecule has 0 radical (unpaired) electrons. The lowest BCUT2D eigenvalue weighted by molar-refractivity contribution is 0.278. The van der Waals surface area contributed by atoms with Gasteiger partial charge < -0.3 is 10.9 Å². The molecule has 13 heavy (non-hydrogen) atoms. The molecule has 0 amide bonds. The van der Waals surface area contributed by atoms with E-state index in [1.165, 1.54) is 19.3 Å². The Hall–Kier alpha value is -0.770. The standard InChI is InChI=1S/C9H19N3O/c1-7(9(10)11-13)12(2)6-5-8-3-4-8/h7-8,13H,3-6H2,1-2H3,(H2,10,11). The third kappa shape index (κ3) is 3.22. The van der Waals surface area contributed by atoms with Gasteiger partial charge in [0.15, 0.2) is 5.84 Å². The predicted molar refractivity (Wildman–Crippen MR) is 52.8 cm³/mol. The van der Waals surface area contributed by atoms with Crippen molar-refractivity contribution in [3.05, 3.63) is 0 Å². The van der Waals surface area contributed by atoms with Crippen LogP contribution in [0.2, 0.25) is 0 Å². The number of hydrogen-bond donors (Lipinski definition) is 2. The third-order valence-electron chi connectivity index (χ3n) is 2.79. The Morgan fingerprint density at radius 3 is 2.77 bits per heavy atom. The molecule has 1 rings (SSSR count). The second-order valence-corrected chi connectivity index (χ2v) is 3.91. The van der Waals surface area contributed by atoms with Crippen LogP contribution in [0.3, 0.4) is 0 Å². The van der Waals surface area contributed by atoms with Gasteiger partial charge in [-0.25, -0.2) is 0 Å². The largest absolute Gasteiger partial charge is 0.409 e. The van der Waals surface area contributed by atoms with Gasteiger partial charge in [0.2, 0.25) is 0 Å². The molecular formula is C9H19N3O. The molecule has 4 nitrogen and oxygen atoms in total. The smallest absolute Gasteiger partial charge is 0.156 e. The van der Waals surface area contributed by atoms with Crippen LogP contribution in [0, 0.1) is 5.92 Å². The Labute approximate surface area is 79.4 Å². The van der Waals surface area contributed by atoms with E-state index in [1.807, 2.05) is 14.0 Å². The molecule has 1 atom stereocenters. The molecule has 0 heterocycles. The molecule has 0 aromatic heterocycles. The number of rotatable bonds is 5. The van der Waals surface area contributed by atoms with E-state index in [1.54, 1.807) is 0 Å². The first-order valence-corrected chi connectivity index (χ1v) is 4.82. The molecule has 1 fully saturated rings. The highest BCUT2D eigenvalue weighted by Gasteiger charge is 2.22. The van der Waals surface area contributed by atoms with Crippen molar-refractivity contribution in [3.8, 4) is 0 Å². The number of hydrogen-bond acceptors (Lipinski definition) is 3. The molecule has 0 spiro atoms. The van der Waals surface area contributed by atoms with Gasteiger partial charge in [-0.1, -0.05) is 18.0 Å².